The van der Waals surface area contributed by atoms with Crippen LogP contribution in [0.15, 0.2) is 144 Å². The molecule has 0 N–H and O–H groups in total. The molecule has 0 amide bonds. The molecule has 0 radical (unpaired) electrons. The quantitative estimate of drug-likeness (QED) is 0.230. The van der Waals surface area contributed by atoms with Gasteiger partial charge in [0.1, 0.15) is 17.0 Å². The highest BCUT2D eigenvalue weighted by molar-refractivity contribution is 6.23. The molecule has 0 unspecified atom stereocenters. The molecule has 0 atom stereocenters. The van der Waals surface area contributed by atoms with Crippen LogP contribution in [0.3, 0.4) is 0 Å². The lowest BCUT2D eigenvalue weighted by atomic mass is 10.1. The second-order valence-corrected chi connectivity index (χ2v) is 10.4. The maximum absolute atomic E-state index is 6.49. The highest BCUT2D eigenvalue weighted by Gasteiger charge is 2.19. The number of imidazole rings is 1. The summed E-state index contributed by atoms with van der Waals surface area (Å²) in [6.45, 7) is 0. The predicted octanol–water partition coefficient (Wildman–Crippen LogP) is 9.69. The number of nitrogens with zero attached hydrogens (tertiary/aromatic N) is 3. The summed E-state index contributed by atoms with van der Waals surface area (Å²) in [5.41, 5.74) is 9.39. The van der Waals surface area contributed by atoms with Gasteiger partial charge in [0.15, 0.2) is 0 Å². The lowest BCUT2D eigenvalue weighted by Crippen LogP contribution is -2.00. The lowest BCUT2D eigenvalue weighted by Gasteiger charge is -2.13. The molecule has 0 aliphatic rings. The largest absolute Gasteiger partial charge is 0.455 e. The van der Waals surface area contributed by atoms with Gasteiger partial charge in [0.25, 0.3) is 0 Å². The molecule has 6 aromatic carbocycles. The standard InChI is InChI=1S/C37H23N3O/c1-2-11-24(12-3-1)37-38-30-17-6-8-19-32(30)40(37)26-14-10-13-25(23-26)39-31-18-7-4-16-29(31)35-33(39)22-21-28-27-15-5-9-20-34(27)41-36(28)35/h1-23H. The van der Waals surface area contributed by atoms with E-state index in [0.717, 1.165) is 72.2 Å². The van der Waals surface area contributed by atoms with Gasteiger partial charge in [-0.25, -0.2) is 4.98 Å². The van der Waals surface area contributed by atoms with Gasteiger partial charge in [-0.15, -0.1) is 0 Å². The Morgan fingerprint density at radius 1 is 0.488 bits per heavy atom. The Kier molecular flexibility index (Phi) is 4.58. The molecular formula is C37H23N3O. The first-order valence-corrected chi connectivity index (χ1v) is 13.8. The van der Waals surface area contributed by atoms with Crippen LogP contribution in [0.5, 0.6) is 0 Å². The molecule has 9 rings (SSSR count). The number of aromatic nitrogens is 3. The van der Waals surface area contributed by atoms with Crippen LogP contribution in [0.25, 0.3) is 77.5 Å². The molecular weight excluding hydrogens is 502 g/mol. The van der Waals surface area contributed by atoms with Gasteiger partial charge in [0.05, 0.1) is 27.5 Å². The van der Waals surface area contributed by atoms with Gasteiger partial charge in [-0.3, -0.25) is 4.57 Å². The van der Waals surface area contributed by atoms with Gasteiger partial charge < -0.3 is 8.98 Å². The molecule has 4 nitrogen and oxygen atoms in total. The number of hydrogen-bond donors (Lipinski definition) is 0. The van der Waals surface area contributed by atoms with Gasteiger partial charge in [-0.1, -0.05) is 84.9 Å². The average molecular weight is 526 g/mol. The van der Waals surface area contributed by atoms with Crippen LogP contribution >= 0.6 is 0 Å². The maximum atomic E-state index is 6.49. The minimum atomic E-state index is 0.911. The van der Waals surface area contributed by atoms with E-state index in [9.17, 15) is 0 Å². The fourth-order valence-corrected chi connectivity index (χ4v) is 6.35. The number of fused-ring (bicyclic) bond motifs is 8. The Morgan fingerprint density at radius 3 is 2.07 bits per heavy atom. The van der Waals surface area contributed by atoms with Crippen LogP contribution in [0.4, 0.5) is 0 Å². The number of para-hydroxylation sites is 4. The van der Waals surface area contributed by atoms with E-state index < -0.39 is 0 Å². The van der Waals surface area contributed by atoms with Crippen molar-refractivity contribution < 1.29 is 4.42 Å². The van der Waals surface area contributed by atoms with Crippen LogP contribution in [0, 0.1) is 0 Å². The number of hydrogen-bond acceptors (Lipinski definition) is 2. The van der Waals surface area contributed by atoms with Crippen LogP contribution in [-0.2, 0) is 0 Å². The van der Waals surface area contributed by atoms with Crippen molar-refractivity contribution in [3.63, 3.8) is 0 Å². The van der Waals surface area contributed by atoms with Crippen molar-refractivity contribution in [2.45, 2.75) is 0 Å². The third-order valence-electron chi connectivity index (χ3n) is 8.12. The summed E-state index contributed by atoms with van der Waals surface area (Å²) >= 11 is 0. The van der Waals surface area contributed by atoms with Crippen LogP contribution < -0.4 is 0 Å². The van der Waals surface area contributed by atoms with Crippen molar-refractivity contribution in [3.8, 4) is 22.8 Å². The lowest BCUT2D eigenvalue weighted by molar-refractivity contribution is 0.673. The summed E-state index contributed by atoms with van der Waals surface area (Å²) in [4.78, 5) is 5.05. The van der Waals surface area contributed by atoms with E-state index in [1.54, 1.807) is 0 Å². The monoisotopic (exact) mass is 525 g/mol. The first-order valence-electron chi connectivity index (χ1n) is 13.8. The highest BCUT2D eigenvalue weighted by atomic mass is 16.3. The van der Waals surface area contributed by atoms with Crippen LogP contribution in [0.2, 0.25) is 0 Å². The summed E-state index contributed by atoms with van der Waals surface area (Å²) < 4.78 is 11.1. The van der Waals surface area contributed by atoms with Gasteiger partial charge in [-0.05, 0) is 54.6 Å². The van der Waals surface area contributed by atoms with E-state index in [-0.39, 0.29) is 0 Å². The van der Waals surface area contributed by atoms with E-state index in [4.69, 9.17) is 9.40 Å². The summed E-state index contributed by atoms with van der Waals surface area (Å²) in [5, 5.41) is 4.60. The van der Waals surface area contributed by atoms with E-state index >= 15 is 0 Å². The average Bonchev–Trinajstić information content (AvgIpc) is 3.71. The van der Waals surface area contributed by atoms with Gasteiger partial charge in [-0.2, -0.15) is 0 Å². The number of furan rings is 1. The Labute approximate surface area is 235 Å². The van der Waals surface area contributed by atoms with Crippen LogP contribution in [0.1, 0.15) is 0 Å². The fraction of sp³-hybridized carbons (Fsp3) is 0. The zero-order valence-corrected chi connectivity index (χ0v) is 22.0. The maximum Gasteiger partial charge on any atom is 0.145 e. The Balaban J connectivity index is 1.34. The van der Waals surface area contributed by atoms with Crippen molar-refractivity contribution in [1.29, 1.82) is 0 Å². The first kappa shape index (κ1) is 22.2. The zero-order valence-electron chi connectivity index (χ0n) is 22.0. The molecule has 0 bridgehead atoms. The molecule has 0 fully saturated rings. The molecule has 0 spiro atoms. The third-order valence-corrected chi connectivity index (χ3v) is 8.12. The molecule has 0 aliphatic heterocycles. The van der Waals surface area contributed by atoms with Crippen molar-refractivity contribution >= 4 is 54.8 Å². The third kappa shape index (κ3) is 3.19. The van der Waals surface area contributed by atoms with Gasteiger partial charge >= 0.3 is 0 Å². The van der Waals surface area contributed by atoms with Gasteiger partial charge in [0.2, 0.25) is 0 Å². The molecule has 0 saturated carbocycles. The summed E-state index contributed by atoms with van der Waals surface area (Å²) in [7, 11) is 0. The fourth-order valence-electron chi connectivity index (χ4n) is 6.35. The van der Waals surface area contributed by atoms with E-state index in [1.807, 2.05) is 24.3 Å². The number of rotatable bonds is 3. The zero-order chi connectivity index (χ0) is 26.9. The predicted molar refractivity (Wildman–Crippen MR) is 168 cm³/mol. The molecule has 0 saturated heterocycles. The second kappa shape index (κ2) is 8.44. The van der Waals surface area contributed by atoms with E-state index in [1.165, 1.54) is 5.39 Å². The molecule has 9 aromatic rings. The molecule has 41 heavy (non-hydrogen) atoms. The van der Waals surface area contributed by atoms with Crippen molar-refractivity contribution in [2.24, 2.45) is 0 Å². The summed E-state index contributed by atoms with van der Waals surface area (Å²) in [5.74, 6) is 0.926. The molecule has 192 valence electrons. The van der Waals surface area contributed by atoms with E-state index in [0.29, 0.717) is 0 Å². The molecule has 0 aliphatic carbocycles. The van der Waals surface area contributed by atoms with Gasteiger partial charge in [0, 0.05) is 33.1 Å². The molecule has 3 aromatic heterocycles. The van der Waals surface area contributed by atoms with Crippen molar-refractivity contribution in [2.75, 3.05) is 0 Å². The molecule has 4 heteroatoms. The van der Waals surface area contributed by atoms with Crippen molar-refractivity contribution in [1.82, 2.24) is 14.1 Å². The Bertz CT molecular complexity index is 2420. The molecule has 3 heterocycles. The normalized spacial score (nSPS) is 11.9. The van der Waals surface area contributed by atoms with Crippen LogP contribution in [-0.4, -0.2) is 14.1 Å². The SMILES string of the molecule is c1ccc(-c2nc3ccccc3n2-c2cccc(-n3c4ccccc4c4c5oc6ccccc6c5ccc43)c2)cc1. The Morgan fingerprint density at radius 2 is 1.20 bits per heavy atom. The second-order valence-electron chi connectivity index (χ2n) is 10.4. The Hall–Kier alpha value is -5.61. The topological polar surface area (TPSA) is 35.9 Å². The number of benzene rings is 6. The summed E-state index contributed by atoms with van der Waals surface area (Å²) in [6.07, 6.45) is 0. The smallest absolute Gasteiger partial charge is 0.145 e. The van der Waals surface area contributed by atoms with E-state index in [2.05, 4.69) is 124 Å². The van der Waals surface area contributed by atoms with Crippen molar-refractivity contribution in [3.05, 3.63) is 140 Å². The minimum absolute atomic E-state index is 0.911. The highest BCUT2D eigenvalue weighted by Crippen LogP contribution is 2.40. The summed E-state index contributed by atoms with van der Waals surface area (Å²) in [6, 6.07) is 48.8. The first-order chi connectivity index (χ1) is 20.3. The minimum Gasteiger partial charge on any atom is -0.455 e.